The van der Waals surface area contributed by atoms with Crippen molar-refractivity contribution in [2.75, 3.05) is 13.1 Å². The van der Waals surface area contributed by atoms with Crippen LogP contribution in [0.3, 0.4) is 0 Å². The van der Waals surface area contributed by atoms with E-state index in [1.54, 1.807) is 0 Å². The van der Waals surface area contributed by atoms with Crippen LogP contribution in [-0.2, 0) is 4.79 Å². The van der Waals surface area contributed by atoms with Crippen LogP contribution >= 0.6 is 12.4 Å². The molecular weight excluding hydrogens is 308 g/mol. The first-order valence-electron chi connectivity index (χ1n) is 8.80. The fraction of sp³-hybridized carbons (Fsp3) is 0.632. The average Bonchev–Trinajstić information content (AvgIpc) is 2.58. The van der Waals surface area contributed by atoms with E-state index in [1.165, 1.54) is 5.56 Å². The molecule has 1 aromatic carbocycles. The third-order valence-electron chi connectivity index (χ3n) is 5.48. The molecule has 1 aliphatic carbocycles. The maximum Gasteiger partial charge on any atom is 0.223 e. The normalized spacial score (nSPS) is 31.0. The first kappa shape index (κ1) is 18.3. The van der Waals surface area contributed by atoms with Crippen molar-refractivity contribution in [3.05, 3.63) is 35.9 Å². The van der Waals surface area contributed by atoms with Gasteiger partial charge >= 0.3 is 0 Å². The lowest BCUT2D eigenvalue weighted by molar-refractivity contribution is -0.127. The minimum atomic E-state index is 0. The number of nitrogens with one attached hydrogen (secondary N) is 2. The van der Waals surface area contributed by atoms with Gasteiger partial charge in [0.15, 0.2) is 0 Å². The van der Waals surface area contributed by atoms with Crippen molar-refractivity contribution >= 4 is 18.3 Å². The van der Waals surface area contributed by atoms with Crippen LogP contribution in [0.5, 0.6) is 0 Å². The molecule has 23 heavy (non-hydrogen) atoms. The molecule has 2 N–H and O–H groups in total. The van der Waals surface area contributed by atoms with Crippen molar-refractivity contribution in [1.29, 1.82) is 0 Å². The molecular formula is C19H29ClN2O. The summed E-state index contributed by atoms with van der Waals surface area (Å²) in [7, 11) is 0. The first-order valence-corrected chi connectivity index (χ1v) is 8.80. The monoisotopic (exact) mass is 336 g/mol. The fourth-order valence-electron chi connectivity index (χ4n) is 3.94. The zero-order valence-corrected chi connectivity index (χ0v) is 14.8. The van der Waals surface area contributed by atoms with Gasteiger partial charge in [0.2, 0.25) is 5.91 Å². The van der Waals surface area contributed by atoms with Gasteiger partial charge in [0.1, 0.15) is 0 Å². The van der Waals surface area contributed by atoms with Gasteiger partial charge in [-0.05, 0) is 62.6 Å². The van der Waals surface area contributed by atoms with E-state index in [4.69, 9.17) is 0 Å². The van der Waals surface area contributed by atoms with Gasteiger partial charge in [0.25, 0.3) is 0 Å². The molecule has 0 spiro atoms. The second-order valence-corrected chi connectivity index (χ2v) is 7.04. The molecule has 2 unspecified atom stereocenters. The molecule has 1 aromatic rings. The highest BCUT2D eigenvalue weighted by Gasteiger charge is 2.30. The predicted molar refractivity (Wildman–Crippen MR) is 97.0 cm³/mol. The number of halogens is 1. The smallest absolute Gasteiger partial charge is 0.223 e. The molecule has 1 heterocycles. The molecule has 1 aliphatic heterocycles. The van der Waals surface area contributed by atoms with Gasteiger partial charge in [-0.15, -0.1) is 12.4 Å². The van der Waals surface area contributed by atoms with E-state index in [-0.39, 0.29) is 18.3 Å². The molecule has 128 valence electrons. The lowest BCUT2D eigenvalue weighted by Crippen LogP contribution is -2.50. The van der Waals surface area contributed by atoms with E-state index >= 15 is 0 Å². The second-order valence-electron chi connectivity index (χ2n) is 7.04. The Hall–Kier alpha value is -1.06. The van der Waals surface area contributed by atoms with Crippen molar-refractivity contribution in [3.63, 3.8) is 0 Å². The van der Waals surface area contributed by atoms with Crippen molar-refractivity contribution in [1.82, 2.24) is 10.6 Å². The Morgan fingerprint density at radius 3 is 2.43 bits per heavy atom. The molecule has 0 bridgehead atoms. The van der Waals surface area contributed by atoms with E-state index in [9.17, 15) is 4.79 Å². The molecule has 0 radical (unpaired) electrons. The molecule has 2 atom stereocenters. The summed E-state index contributed by atoms with van der Waals surface area (Å²) in [6.45, 7) is 4.27. The minimum Gasteiger partial charge on any atom is -0.353 e. The van der Waals surface area contributed by atoms with Gasteiger partial charge in [-0.1, -0.05) is 37.3 Å². The summed E-state index contributed by atoms with van der Waals surface area (Å²) in [6, 6.07) is 11.1. The van der Waals surface area contributed by atoms with E-state index in [0.717, 1.165) is 45.2 Å². The quantitative estimate of drug-likeness (QED) is 0.887. The molecule has 1 saturated carbocycles. The molecule has 1 saturated heterocycles. The van der Waals surface area contributed by atoms with Gasteiger partial charge in [0, 0.05) is 12.0 Å². The summed E-state index contributed by atoms with van der Waals surface area (Å²) in [5.41, 5.74) is 1.44. The Bertz CT molecular complexity index is 485. The molecule has 2 fully saturated rings. The van der Waals surface area contributed by atoms with E-state index < -0.39 is 0 Å². The first-order chi connectivity index (χ1) is 10.7. The van der Waals surface area contributed by atoms with Crippen LogP contribution in [0.15, 0.2) is 30.3 Å². The predicted octanol–water partition coefficient (Wildman–Crippen LogP) is 3.50. The second kappa shape index (κ2) is 8.70. The van der Waals surface area contributed by atoms with Crippen LogP contribution in [0.25, 0.3) is 0 Å². The Morgan fingerprint density at radius 1 is 1.09 bits per heavy atom. The van der Waals surface area contributed by atoms with Crippen molar-refractivity contribution in [3.8, 4) is 0 Å². The molecule has 0 aromatic heterocycles. The topological polar surface area (TPSA) is 41.1 Å². The fourth-order valence-corrected chi connectivity index (χ4v) is 3.94. The molecule has 3 rings (SSSR count). The number of piperidine rings is 1. The van der Waals surface area contributed by atoms with Crippen LogP contribution in [0.1, 0.15) is 50.5 Å². The Morgan fingerprint density at radius 2 is 1.78 bits per heavy atom. The summed E-state index contributed by atoms with van der Waals surface area (Å²) in [5.74, 6) is 1.70. The number of amides is 1. The highest BCUT2D eigenvalue weighted by Crippen LogP contribution is 2.35. The number of carbonyl (C=O) groups is 1. The number of rotatable bonds is 3. The van der Waals surface area contributed by atoms with Crippen molar-refractivity contribution in [2.24, 2.45) is 11.8 Å². The number of benzene rings is 1. The van der Waals surface area contributed by atoms with Crippen LogP contribution < -0.4 is 10.6 Å². The number of carbonyl (C=O) groups excluding carboxylic acids is 1. The van der Waals surface area contributed by atoms with Gasteiger partial charge in [-0.2, -0.15) is 0 Å². The van der Waals surface area contributed by atoms with Crippen LogP contribution in [0, 0.1) is 11.8 Å². The minimum absolute atomic E-state index is 0. The zero-order chi connectivity index (χ0) is 15.4. The maximum absolute atomic E-state index is 12.5. The molecule has 1 amide bonds. The van der Waals surface area contributed by atoms with Crippen LogP contribution in [0.4, 0.5) is 0 Å². The zero-order valence-electron chi connectivity index (χ0n) is 14.0. The van der Waals surface area contributed by atoms with E-state index in [1.807, 2.05) is 0 Å². The third kappa shape index (κ3) is 4.71. The lowest BCUT2D eigenvalue weighted by atomic mass is 9.78. The van der Waals surface area contributed by atoms with Gasteiger partial charge in [-0.3, -0.25) is 4.79 Å². The number of hydrogen-bond donors (Lipinski definition) is 2. The maximum atomic E-state index is 12.5. The molecule has 4 heteroatoms. The van der Waals surface area contributed by atoms with Crippen molar-refractivity contribution < 1.29 is 4.79 Å². The van der Waals surface area contributed by atoms with Crippen LogP contribution in [0.2, 0.25) is 0 Å². The summed E-state index contributed by atoms with van der Waals surface area (Å²) in [4.78, 5) is 12.5. The average molecular weight is 337 g/mol. The Kier molecular flexibility index (Phi) is 6.91. The Labute approximate surface area is 146 Å². The van der Waals surface area contributed by atoms with Gasteiger partial charge < -0.3 is 10.6 Å². The SMILES string of the molecule is CC1CNCCC1NC(=O)C1CCC(c2ccccc2)CC1.Cl. The summed E-state index contributed by atoms with van der Waals surface area (Å²) in [6.07, 6.45) is 5.41. The summed E-state index contributed by atoms with van der Waals surface area (Å²) in [5, 5.41) is 6.70. The highest BCUT2D eigenvalue weighted by atomic mass is 35.5. The standard InChI is InChI=1S/C19H28N2O.ClH/c1-14-13-20-12-11-18(14)21-19(22)17-9-7-16(8-10-17)15-5-3-2-4-6-15;/h2-6,14,16-18,20H,7-13H2,1H3,(H,21,22);1H. The third-order valence-corrected chi connectivity index (χ3v) is 5.48. The summed E-state index contributed by atoms with van der Waals surface area (Å²) < 4.78 is 0. The molecule has 3 nitrogen and oxygen atoms in total. The van der Waals surface area contributed by atoms with Crippen LogP contribution in [-0.4, -0.2) is 25.0 Å². The largest absolute Gasteiger partial charge is 0.353 e. The summed E-state index contributed by atoms with van der Waals surface area (Å²) >= 11 is 0. The van der Waals surface area contributed by atoms with Gasteiger partial charge in [0.05, 0.1) is 0 Å². The number of hydrogen-bond acceptors (Lipinski definition) is 2. The molecule has 2 aliphatic rings. The lowest BCUT2D eigenvalue weighted by Gasteiger charge is -2.33. The van der Waals surface area contributed by atoms with Crippen molar-refractivity contribution in [2.45, 2.75) is 51.0 Å². The van der Waals surface area contributed by atoms with Gasteiger partial charge in [-0.25, -0.2) is 0 Å². The highest BCUT2D eigenvalue weighted by molar-refractivity contribution is 5.85. The van der Waals surface area contributed by atoms with E-state index in [2.05, 4.69) is 47.9 Å². The van der Waals surface area contributed by atoms with E-state index in [0.29, 0.717) is 23.8 Å². The Balaban J connectivity index is 0.00000192.